The highest BCUT2D eigenvalue weighted by Crippen LogP contribution is 2.17. The molecule has 0 spiro atoms. The average Bonchev–Trinajstić information content (AvgIpc) is 2.48. The van der Waals surface area contributed by atoms with Gasteiger partial charge in [-0.25, -0.2) is 13.2 Å². The second-order valence-electron chi connectivity index (χ2n) is 5.36. The lowest BCUT2D eigenvalue weighted by Crippen LogP contribution is -2.35. The minimum atomic E-state index is -3.54. The highest BCUT2D eigenvalue weighted by molar-refractivity contribution is 7.92. The van der Waals surface area contributed by atoms with Crippen molar-refractivity contribution in [3.05, 3.63) is 42.0 Å². The van der Waals surface area contributed by atoms with Crippen LogP contribution in [-0.2, 0) is 19.6 Å². The van der Waals surface area contributed by atoms with E-state index in [1.165, 1.54) is 17.0 Å². The quantitative estimate of drug-likeness (QED) is 0.566. The molecule has 0 aliphatic rings. The monoisotopic (exact) mass is 354 g/mol. The molecule has 24 heavy (non-hydrogen) atoms. The Morgan fingerprint density at radius 2 is 1.92 bits per heavy atom. The van der Waals surface area contributed by atoms with E-state index < -0.39 is 22.6 Å². The van der Waals surface area contributed by atoms with Crippen LogP contribution in [0.5, 0.6) is 0 Å². The van der Waals surface area contributed by atoms with Gasteiger partial charge in [0, 0.05) is 13.1 Å². The van der Waals surface area contributed by atoms with E-state index in [9.17, 15) is 18.0 Å². The van der Waals surface area contributed by atoms with E-state index in [-0.39, 0.29) is 17.2 Å². The lowest BCUT2D eigenvalue weighted by Gasteiger charge is -2.20. The first-order valence-corrected chi connectivity index (χ1v) is 9.19. The summed E-state index contributed by atoms with van der Waals surface area (Å²) in [4.78, 5) is 25.7. The molecule has 0 aliphatic heterocycles. The maximum atomic E-state index is 12.1. The van der Waals surface area contributed by atoms with Crippen molar-refractivity contribution in [2.24, 2.45) is 0 Å². The van der Waals surface area contributed by atoms with Gasteiger partial charge in [-0.2, -0.15) is 0 Å². The SMILES string of the molecule is C=C(C)CN(CC)C(=O)COC(=O)c1ccccc1NS(C)(=O)=O. The molecule has 0 bridgehead atoms. The molecule has 0 unspecified atom stereocenters. The van der Waals surface area contributed by atoms with Crippen molar-refractivity contribution in [3.63, 3.8) is 0 Å². The fourth-order valence-corrected chi connectivity index (χ4v) is 2.53. The number of carbonyl (C=O) groups excluding carboxylic acids is 2. The van der Waals surface area contributed by atoms with Gasteiger partial charge >= 0.3 is 5.97 Å². The Morgan fingerprint density at radius 3 is 2.46 bits per heavy atom. The molecule has 1 aromatic carbocycles. The number of nitrogens with zero attached hydrogens (tertiary/aromatic N) is 1. The molecular formula is C16H22N2O5S. The van der Waals surface area contributed by atoms with Crippen LogP contribution >= 0.6 is 0 Å². The number of para-hydroxylation sites is 1. The third kappa shape index (κ3) is 6.41. The maximum Gasteiger partial charge on any atom is 0.340 e. The molecule has 1 aromatic rings. The van der Waals surface area contributed by atoms with Gasteiger partial charge in [-0.15, -0.1) is 0 Å². The van der Waals surface area contributed by atoms with Crippen LogP contribution in [0.3, 0.4) is 0 Å². The molecule has 0 saturated heterocycles. The van der Waals surface area contributed by atoms with Gasteiger partial charge in [0.15, 0.2) is 6.61 Å². The second-order valence-corrected chi connectivity index (χ2v) is 7.11. The number of anilines is 1. The van der Waals surface area contributed by atoms with Gasteiger partial charge in [0.1, 0.15) is 0 Å². The van der Waals surface area contributed by atoms with Crippen molar-refractivity contribution >= 4 is 27.6 Å². The van der Waals surface area contributed by atoms with Gasteiger partial charge in [-0.3, -0.25) is 9.52 Å². The van der Waals surface area contributed by atoms with E-state index in [1.54, 1.807) is 19.1 Å². The number of benzene rings is 1. The number of ether oxygens (including phenoxy) is 1. The molecule has 0 aromatic heterocycles. The smallest absolute Gasteiger partial charge is 0.340 e. The normalized spacial score (nSPS) is 10.8. The Kier molecular flexibility index (Phi) is 6.97. The van der Waals surface area contributed by atoms with E-state index >= 15 is 0 Å². The summed E-state index contributed by atoms with van der Waals surface area (Å²) in [7, 11) is -3.54. The summed E-state index contributed by atoms with van der Waals surface area (Å²) < 4.78 is 29.9. The predicted molar refractivity (Wildman–Crippen MR) is 92.3 cm³/mol. The van der Waals surface area contributed by atoms with Crippen LogP contribution in [0.15, 0.2) is 36.4 Å². The number of sulfonamides is 1. The number of hydrogen-bond donors (Lipinski definition) is 1. The summed E-state index contributed by atoms with van der Waals surface area (Å²) in [6, 6.07) is 6.02. The van der Waals surface area contributed by atoms with E-state index in [4.69, 9.17) is 4.74 Å². The molecule has 0 radical (unpaired) electrons. The molecular weight excluding hydrogens is 332 g/mol. The first kappa shape index (κ1) is 19.7. The summed E-state index contributed by atoms with van der Waals surface area (Å²) in [6.45, 7) is 7.79. The van der Waals surface area contributed by atoms with Crippen molar-refractivity contribution in [3.8, 4) is 0 Å². The van der Waals surface area contributed by atoms with E-state index in [0.29, 0.717) is 13.1 Å². The Morgan fingerprint density at radius 1 is 1.29 bits per heavy atom. The number of rotatable bonds is 8. The number of hydrogen-bond acceptors (Lipinski definition) is 5. The third-order valence-electron chi connectivity index (χ3n) is 2.96. The van der Waals surface area contributed by atoms with Crippen molar-refractivity contribution in [1.82, 2.24) is 4.90 Å². The minimum absolute atomic E-state index is 0.0404. The van der Waals surface area contributed by atoms with Crippen molar-refractivity contribution in [2.75, 3.05) is 30.7 Å². The summed E-state index contributed by atoms with van der Waals surface area (Å²) in [5.74, 6) is -1.12. The number of likely N-dealkylation sites (N-methyl/N-ethyl adjacent to an activating group) is 1. The van der Waals surface area contributed by atoms with Gasteiger partial charge in [0.2, 0.25) is 10.0 Å². The number of amides is 1. The van der Waals surface area contributed by atoms with Crippen LogP contribution in [0.1, 0.15) is 24.2 Å². The molecule has 7 nitrogen and oxygen atoms in total. The van der Waals surface area contributed by atoms with Crippen LogP contribution in [0.2, 0.25) is 0 Å². The summed E-state index contributed by atoms with van der Waals surface area (Å²) in [5.41, 5.74) is 0.963. The van der Waals surface area contributed by atoms with Gasteiger partial charge in [0.25, 0.3) is 5.91 Å². The van der Waals surface area contributed by atoms with Crippen molar-refractivity contribution in [2.45, 2.75) is 13.8 Å². The first-order chi connectivity index (χ1) is 11.1. The minimum Gasteiger partial charge on any atom is -0.452 e. The Hall–Kier alpha value is -2.35. The molecule has 132 valence electrons. The molecule has 8 heteroatoms. The van der Waals surface area contributed by atoms with Gasteiger partial charge in [-0.1, -0.05) is 24.3 Å². The zero-order chi connectivity index (χ0) is 18.3. The maximum absolute atomic E-state index is 12.1. The molecule has 0 aliphatic carbocycles. The fourth-order valence-electron chi connectivity index (χ4n) is 1.95. The van der Waals surface area contributed by atoms with Crippen molar-refractivity contribution < 1.29 is 22.7 Å². The Balaban J connectivity index is 2.79. The molecule has 1 N–H and O–H groups in total. The predicted octanol–water partition coefficient (Wildman–Crippen LogP) is 1.64. The first-order valence-electron chi connectivity index (χ1n) is 7.30. The fraction of sp³-hybridized carbons (Fsp3) is 0.375. The van der Waals surface area contributed by atoms with Crippen LogP contribution in [0.25, 0.3) is 0 Å². The van der Waals surface area contributed by atoms with Gasteiger partial charge < -0.3 is 9.64 Å². The number of esters is 1. The topological polar surface area (TPSA) is 92.8 Å². The zero-order valence-corrected chi connectivity index (χ0v) is 14.9. The van der Waals surface area contributed by atoms with E-state index in [1.807, 2.05) is 6.92 Å². The molecule has 0 atom stereocenters. The lowest BCUT2D eigenvalue weighted by atomic mass is 10.2. The van der Waals surface area contributed by atoms with Crippen LogP contribution in [-0.4, -0.2) is 51.1 Å². The number of carbonyl (C=O) groups is 2. The standard InChI is InChI=1S/C16H22N2O5S/c1-5-18(10-12(2)3)15(19)11-23-16(20)13-8-6-7-9-14(13)17-24(4,21)22/h6-9,17H,2,5,10-11H2,1,3-4H3. The summed E-state index contributed by atoms with van der Waals surface area (Å²) >= 11 is 0. The molecule has 1 rings (SSSR count). The largest absolute Gasteiger partial charge is 0.452 e. The molecule has 0 fully saturated rings. The Labute approximate surface area is 142 Å². The van der Waals surface area contributed by atoms with Crippen molar-refractivity contribution in [1.29, 1.82) is 0 Å². The molecule has 1 amide bonds. The molecule has 0 saturated carbocycles. The molecule has 0 heterocycles. The Bertz CT molecular complexity index is 728. The second kappa shape index (κ2) is 8.49. The highest BCUT2D eigenvalue weighted by Gasteiger charge is 2.18. The number of nitrogens with one attached hydrogen (secondary N) is 1. The van der Waals surface area contributed by atoms with Crippen LogP contribution < -0.4 is 4.72 Å². The van der Waals surface area contributed by atoms with Crippen LogP contribution in [0.4, 0.5) is 5.69 Å². The summed E-state index contributed by atoms with van der Waals surface area (Å²) in [5, 5.41) is 0. The van der Waals surface area contributed by atoms with E-state index in [2.05, 4.69) is 11.3 Å². The lowest BCUT2D eigenvalue weighted by molar-refractivity contribution is -0.133. The van der Waals surface area contributed by atoms with Crippen LogP contribution in [0, 0.1) is 0 Å². The van der Waals surface area contributed by atoms with Gasteiger partial charge in [0.05, 0.1) is 17.5 Å². The highest BCUT2D eigenvalue weighted by atomic mass is 32.2. The third-order valence-corrected chi connectivity index (χ3v) is 3.55. The zero-order valence-electron chi connectivity index (χ0n) is 14.0. The van der Waals surface area contributed by atoms with Gasteiger partial charge in [-0.05, 0) is 26.0 Å². The summed E-state index contributed by atoms with van der Waals surface area (Å²) in [6.07, 6.45) is 0.982. The average molecular weight is 354 g/mol. The van der Waals surface area contributed by atoms with E-state index in [0.717, 1.165) is 11.8 Å².